The van der Waals surface area contributed by atoms with Crippen molar-refractivity contribution >= 4 is 35.6 Å². The highest BCUT2D eigenvalue weighted by Gasteiger charge is 2.21. The summed E-state index contributed by atoms with van der Waals surface area (Å²) in [5.41, 5.74) is 1.08. The van der Waals surface area contributed by atoms with Gasteiger partial charge in [0.2, 0.25) is 0 Å². The van der Waals surface area contributed by atoms with Gasteiger partial charge in [-0.15, -0.1) is 24.0 Å². The Bertz CT molecular complexity index is 902. The van der Waals surface area contributed by atoms with Gasteiger partial charge in [-0.25, -0.2) is 8.78 Å². The van der Waals surface area contributed by atoms with Crippen molar-refractivity contribution in [2.75, 3.05) is 52.4 Å². The summed E-state index contributed by atoms with van der Waals surface area (Å²) in [5.74, 6) is 0.698. The molecule has 2 aromatic rings. The van der Waals surface area contributed by atoms with Gasteiger partial charge in [0.1, 0.15) is 23.9 Å². The van der Waals surface area contributed by atoms with E-state index < -0.39 is 11.6 Å². The highest BCUT2D eigenvalue weighted by molar-refractivity contribution is 14.0. The lowest BCUT2D eigenvalue weighted by Gasteiger charge is -2.34. The zero-order chi connectivity index (χ0) is 22.9. The molecule has 1 saturated heterocycles. The maximum Gasteiger partial charge on any atom is 0.191 e. The first kappa shape index (κ1) is 26.7. The summed E-state index contributed by atoms with van der Waals surface area (Å²) in [6.07, 6.45) is 1.90. The number of nitrogens with zero attached hydrogens (tertiary/aromatic N) is 2. The van der Waals surface area contributed by atoms with E-state index in [4.69, 9.17) is 14.2 Å². The first-order chi connectivity index (χ1) is 15.5. The summed E-state index contributed by atoms with van der Waals surface area (Å²) in [4.78, 5) is 6.57. The molecule has 7 nitrogen and oxygen atoms in total. The van der Waals surface area contributed by atoms with Gasteiger partial charge in [-0.2, -0.15) is 0 Å². The van der Waals surface area contributed by atoms with Crippen LogP contribution in [-0.2, 0) is 0 Å². The Morgan fingerprint density at radius 2 is 1.67 bits per heavy atom. The minimum atomic E-state index is -0.924. The standard InChI is InChI=1S/C23H30F2N4O3.HI/c1-26-23(27-8-11-32-18-4-5-21(24)22(25)15-18)28-16-6-9-29(10-7-16)17-12-19(30-2)14-20(13-17)31-3;/h4-5,12-16H,6-11H2,1-3H3,(H2,26,27,28);1H. The van der Waals surface area contributed by atoms with Crippen LogP contribution in [0.25, 0.3) is 0 Å². The summed E-state index contributed by atoms with van der Waals surface area (Å²) in [7, 11) is 5.01. The van der Waals surface area contributed by atoms with E-state index in [1.165, 1.54) is 6.07 Å². The number of hydrogen-bond donors (Lipinski definition) is 2. The summed E-state index contributed by atoms with van der Waals surface area (Å²) in [6.45, 7) is 2.55. The van der Waals surface area contributed by atoms with Gasteiger partial charge in [0.25, 0.3) is 0 Å². The highest BCUT2D eigenvalue weighted by atomic mass is 127. The highest BCUT2D eigenvalue weighted by Crippen LogP contribution is 2.30. The van der Waals surface area contributed by atoms with Crippen LogP contribution in [0.1, 0.15) is 12.8 Å². The van der Waals surface area contributed by atoms with Crippen molar-refractivity contribution in [2.24, 2.45) is 4.99 Å². The summed E-state index contributed by atoms with van der Waals surface area (Å²) in [5, 5.41) is 6.62. The van der Waals surface area contributed by atoms with Gasteiger partial charge in [0.15, 0.2) is 17.6 Å². The number of rotatable bonds is 8. The van der Waals surface area contributed by atoms with E-state index in [1.54, 1.807) is 21.3 Å². The Morgan fingerprint density at radius 3 is 2.24 bits per heavy atom. The third-order valence-electron chi connectivity index (χ3n) is 5.32. The largest absolute Gasteiger partial charge is 0.497 e. The number of methoxy groups -OCH3 is 2. The number of benzene rings is 2. The summed E-state index contributed by atoms with van der Waals surface area (Å²) < 4.78 is 42.4. The molecule has 0 bridgehead atoms. The number of aliphatic imine (C=N–C) groups is 1. The smallest absolute Gasteiger partial charge is 0.191 e. The van der Waals surface area contributed by atoms with Crippen LogP contribution in [0.3, 0.4) is 0 Å². The molecular formula is C23H31F2IN4O3. The van der Waals surface area contributed by atoms with Gasteiger partial charge in [0.05, 0.1) is 20.8 Å². The van der Waals surface area contributed by atoms with Gasteiger partial charge in [-0.1, -0.05) is 0 Å². The number of guanidine groups is 1. The minimum absolute atomic E-state index is 0. The molecule has 0 radical (unpaired) electrons. The molecule has 1 aliphatic heterocycles. The molecule has 10 heteroatoms. The van der Waals surface area contributed by atoms with Crippen molar-refractivity contribution in [2.45, 2.75) is 18.9 Å². The Hall–Kier alpha value is -2.50. The molecule has 0 aliphatic carbocycles. The monoisotopic (exact) mass is 576 g/mol. The molecule has 0 unspecified atom stereocenters. The third kappa shape index (κ3) is 7.79. The average molecular weight is 576 g/mol. The average Bonchev–Trinajstić information content (AvgIpc) is 2.83. The zero-order valence-electron chi connectivity index (χ0n) is 19.1. The summed E-state index contributed by atoms with van der Waals surface area (Å²) in [6, 6.07) is 9.67. The lowest BCUT2D eigenvalue weighted by Crippen LogP contribution is -2.49. The molecule has 3 rings (SSSR count). The van der Waals surface area contributed by atoms with E-state index >= 15 is 0 Å². The quantitative estimate of drug-likeness (QED) is 0.216. The molecule has 0 amide bonds. The number of hydrogen-bond acceptors (Lipinski definition) is 5. The fourth-order valence-electron chi connectivity index (χ4n) is 3.55. The Morgan fingerprint density at radius 1 is 1.00 bits per heavy atom. The molecule has 0 spiro atoms. The fourth-order valence-corrected chi connectivity index (χ4v) is 3.55. The number of nitrogens with one attached hydrogen (secondary N) is 2. The maximum atomic E-state index is 13.2. The van der Waals surface area contributed by atoms with Crippen LogP contribution in [0.5, 0.6) is 17.2 Å². The lowest BCUT2D eigenvalue weighted by atomic mass is 10.0. The number of halogens is 3. The Labute approximate surface area is 210 Å². The molecule has 0 aromatic heterocycles. The molecule has 33 heavy (non-hydrogen) atoms. The first-order valence-electron chi connectivity index (χ1n) is 10.6. The second-order valence-corrected chi connectivity index (χ2v) is 7.40. The van der Waals surface area contributed by atoms with Crippen LogP contribution in [0.4, 0.5) is 14.5 Å². The minimum Gasteiger partial charge on any atom is -0.497 e. The molecular weight excluding hydrogens is 545 g/mol. The van der Waals surface area contributed by atoms with Gasteiger partial charge >= 0.3 is 0 Å². The number of anilines is 1. The maximum absolute atomic E-state index is 13.2. The molecule has 1 heterocycles. The molecule has 1 aliphatic rings. The van der Waals surface area contributed by atoms with Crippen LogP contribution < -0.4 is 29.7 Å². The van der Waals surface area contributed by atoms with E-state index in [9.17, 15) is 8.78 Å². The van der Waals surface area contributed by atoms with Crippen molar-refractivity contribution in [3.8, 4) is 17.2 Å². The molecule has 182 valence electrons. The predicted octanol–water partition coefficient (Wildman–Crippen LogP) is 3.81. The van der Waals surface area contributed by atoms with Crippen LogP contribution in [0, 0.1) is 11.6 Å². The predicted molar refractivity (Wildman–Crippen MR) is 137 cm³/mol. The van der Waals surface area contributed by atoms with Crippen LogP contribution in [-0.4, -0.2) is 59.5 Å². The zero-order valence-corrected chi connectivity index (χ0v) is 21.4. The summed E-state index contributed by atoms with van der Waals surface area (Å²) >= 11 is 0. The van der Waals surface area contributed by atoms with E-state index in [1.807, 2.05) is 18.2 Å². The van der Waals surface area contributed by atoms with Gasteiger partial charge in [-0.05, 0) is 25.0 Å². The van der Waals surface area contributed by atoms with Crippen molar-refractivity contribution in [3.63, 3.8) is 0 Å². The molecule has 2 N–H and O–H groups in total. The third-order valence-corrected chi connectivity index (χ3v) is 5.32. The lowest BCUT2D eigenvalue weighted by molar-refractivity contribution is 0.318. The van der Waals surface area contributed by atoms with Crippen molar-refractivity contribution in [3.05, 3.63) is 48.0 Å². The van der Waals surface area contributed by atoms with Crippen LogP contribution in [0.2, 0.25) is 0 Å². The molecule has 0 atom stereocenters. The van der Waals surface area contributed by atoms with Crippen LogP contribution in [0.15, 0.2) is 41.4 Å². The van der Waals surface area contributed by atoms with Gasteiger partial charge < -0.3 is 29.7 Å². The second-order valence-electron chi connectivity index (χ2n) is 7.40. The second kappa shape index (κ2) is 13.3. The molecule has 1 fully saturated rings. The van der Waals surface area contributed by atoms with Gasteiger partial charge in [-0.3, -0.25) is 4.99 Å². The van der Waals surface area contributed by atoms with E-state index in [2.05, 4.69) is 20.5 Å². The normalized spacial score (nSPS) is 14.3. The van der Waals surface area contributed by atoms with E-state index in [0.717, 1.165) is 55.3 Å². The SMILES string of the molecule is CN=C(NCCOc1ccc(F)c(F)c1)NC1CCN(c2cc(OC)cc(OC)c2)CC1.I. The topological polar surface area (TPSA) is 67.4 Å². The van der Waals surface area contributed by atoms with Crippen molar-refractivity contribution in [1.29, 1.82) is 0 Å². The number of piperidine rings is 1. The van der Waals surface area contributed by atoms with Crippen LogP contribution >= 0.6 is 24.0 Å². The van der Waals surface area contributed by atoms with Crippen molar-refractivity contribution < 1.29 is 23.0 Å². The Kier molecular flexibility index (Phi) is 10.8. The Balaban J connectivity index is 0.00000385. The van der Waals surface area contributed by atoms with E-state index in [0.29, 0.717) is 19.1 Å². The molecule has 0 saturated carbocycles. The van der Waals surface area contributed by atoms with Gasteiger partial charge in [0, 0.05) is 56.1 Å². The molecule has 2 aromatic carbocycles. The van der Waals surface area contributed by atoms with Crippen molar-refractivity contribution in [1.82, 2.24) is 10.6 Å². The fraction of sp³-hybridized carbons (Fsp3) is 0.435. The van der Waals surface area contributed by atoms with E-state index in [-0.39, 0.29) is 35.8 Å². The first-order valence-corrected chi connectivity index (χ1v) is 10.6. The number of ether oxygens (including phenoxy) is 3.